The van der Waals surface area contributed by atoms with Gasteiger partial charge in [-0.25, -0.2) is 19.3 Å². The standard InChI is InChI=1S/C35H36BrFN8O4/c1-19(46)31-24-12-22(23-15-38-20(2)39-16-23)11-21-7-5-3-4-6-8-29(47)40-18-35-13-26(34(49)42-28-10-9-25(37)33(36)41-28)45(27(35)14-35)30(48)17-44(43-31)32(21)24/h9-12,15-16,26-27H,3-8,13-14,17-18H2,1-2H3,(H,40,47)(H,41,42,49)/t26-,27+,35-/m0/s1. The molecule has 7 rings (SSSR count). The van der Waals surface area contributed by atoms with Gasteiger partial charge in [0, 0.05) is 54.7 Å². The summed E-state index contributed by atoms with van der Waals surface area (Å²) in [5.74, 6) is -0.819. The zero-order valence-electron chi connectivity index (χ0n) is 27.3. The van der Waals surface area contributed by atoms with Crippen molar-refractivity contribution in [2.45, 2.75) is 83.8 Å². The number of nitrogens with one attached hydrogen (secondary N) is 2. The van der Waals surface area contributed by atoms with Crippen molar-refractivity contribution in [1.82, 2.24) is 34.9 Å². The number of piperidine rings is 1. The molecule has 14 heteroatoms. The van der Waals surface area contributed by atoms with Gasteiger partial charge in [-0.3, -0.25) is 23.9 Å². The maximum atomic E-state index is 14.4. The van der Waals surface area contributed by atoms with Crippen LogP contribution >= 0.6 is 15.9 Å². The Balaban J connectivity index is 1.28. The summed E-state index contributed by atoms with van der Waals surface area (Å²) in [5.41, 5.74) is 3.12. The van der Waals surface area contributed by atoms with Gasteiger partial charge in [-0.1, -0.05) is 12.8 Å². The molecule has 254 valence electrons. The quantitative estimate of drug-likeness (QED) is 0.222. The van der Waals surface area contributed by atoms with E-state index < -0.39 is 23.2 Å². The van der Waals surface area contributed by atoms with Crippen LogP contribution in [0.2, 0.25) is 0 Å². The van der Waals surface area contributed by atoms with Crippen LogP contribution in [0, 0.1) is 18.2 Å². The van der Waals surface area contributed by atoms with E-state index in [4.69, 9.17) is 5.10 Å². The van der Waals surface area contributed by atoms with Crippen LogP contribution in [0.25, 0.3) is 22.0 Å². The molecule has 2 fully saturated rings. The van der Waals surface area contributed by atoms with E-state index in [1.165, 1.54) is 19.1 Å². The lowest BCUT2D eigenvalue weighted by molar-refractivity contribution is -0.138. The summed E-state index contributed by atoms with van der Waals surface area (Å²) in [5, 5.41) is 11.2. The molecule has 0 unspecified atom stereocenters. The third-order valence-electron chi connectivity index (χ3n) is 9.96. The van der Waals surface area contributed by atoms with Crippen LogP contribution in [0.4, 0.5) is 10.2 Å². The van der Waals surface area contributed by atoms with E-state index in [-0.39, 0.29) is 46.3 Å². The normalized spacial score (nSPS) is 22.7. The van der Waals surface area contributed by atoms with Crippen molar-refractivity contribution in [2.24, 2.45) is 5.41 Å². The molecule has 1 aliphatic carbocycles. The van der Waals surface area contributed by atoms with Crippen molar-refractivity contribution < 1.29 is 23.6 Å². The Bertz CT molecular complexity index is 2000. The molecule has 2 aliphatic heterocycles. The molecule has 0 spiro atoms. The second kappa shape index (κ2) is 13.0. The molecule has 1 saturated carbocycles. The maximum absolute atomic E-state index is 14.4. The fourth-order valence-electron chi connectivity index (χ4n) is 7.37. The summed E-state index contributed by atoms with van der Waals surface area (Å²) in [7, 11) is 0. The molecule has 5 heterocycles. The summed E-state index contributed by atoms with van der Waals surface area (Å²) >= 11 is 3.05. The van der Waals surface area contributed by atoms with Gasteiger partial charge in [0.1, 0.15) is 34.5 Å². The number of pyridine rings is 1. The van der Waals surface area contributed by atoms with Gasteiger partial charge in [-0.2, -0.15) is 5.10 Å². The summed E-state index contributed by atoms with van der Waals surface area (Å²) in [6.07, 6.45) is 8.96. The number of aromatic nitrogens is 5. The summed E-state index contributed by atoms with van der Waals surface area (Å²) in [6, 6.07) is 5.39. The summed E-state index contributed by atoms with van der Waals surface area (Å²) in [4.78, 5) is 68.3. The Morgan fingerprint density at radius 3 is 2.53 bits per heavy atom. The number of benzene rings is 1. The van der Waals surface area contributed by atoms with E-state index in [2.05, 4.69) is 47.6 Å². The first-order valence-corrected chi connectivity index (χ1v) is 17.4. The van der Waals surface area contributed by atoms with Crippen LogP contribution in [0.3, 0.4) is 0 Å². The van der Waals surface area contributed by atoms with E-state index >= 15 is 0 Å². The topological polar surface area (TPSA) is 152 Å². The second-order valence-corrected chi connectivity index (χ2v) is 14.1. The van der Waals surface area contributed by atoms with Crippen molar-refractivity contribution in [3.63, 3.8) is 0 Å². The molecule has 2 N–H and O–H groups in total. The minimum absolute atomic E-state index is 0.0397. The molecule has 2 bridgehead atoms. The van der Waals surface area contributed by atoms with Crippen molar-refractivity contribution in [3.05, 3.63) is 64.2 Å². The van der Waals surface area contributed by atoms with Crippen molar-refractivity contribution >= 4 is 56.2 Å². The van der Waals surface area contributed by atoms with Crippen LogP contribution in [0.1, 0.15) is 73.7 Å². The van der Waals surface area contributed by atoms with Crippen LogP contribution in [-0.4, -0.2) is 71.8 Å². The number of hydrogen-bond acceptors (Lipinski definition) is 8. The van der Waals surface area contributed by atoms with E-state index in [9.17, 15) is 23.6 Å². The molecule has 3 aromatic heterocycles. The Hall–Kier alpha value is -4.59. The highest BCUT2D eigenvalue weighted by Gasteiger charge is 2.67. The number of carbonyl (C=O) groups is 4. The van der Waals surface area contributed by atoms with Crippen molar-refractivity contribution in [2.75, 3.05) is 11.9 Å². The smallest absolute Gasteiger partial charge is 0.248 e. The Morgan fingerprint density at radius 2 is 1.80 bits per heavy atom. The van der Waals surface area contributed by atoms with Gasteiger partial charge >= 0.3 is 0 Å². The van der Waals surface area contributed by atoms with Crippen molar-refractivity contribution in [1.29, 1.82) is 0 Å². The van der Waals surface area contributed by atoms with Gasteiger partial charge < -0.3 is 15.5 Å². The van der Waals surface area contributed by atoms with Gasteiger partial charge in [0.2, 0.25) is 17.7 Å². The molecule has 3 amide bonds. The Morgan fingerprint density at radius 1 is 1.04 bits per heavy atom. The predicted molar refractivity (Wildman–Crippen MR) is 182 cm³/mol. The average Bonchev–Trinajstić information content (AvgIpc) is 3.48. The maximum Gasteiger partial charge on any atom is 0.248 e. The zero-order valence-corrected chi connectivity index (χ0v) is 28.8. The highest BCUT2D eigenvalue weighted by atomic mass is 79.9. The molecular weight excluding hydrogens is 695 g/mol. The Labute approximate surface area is 290 Å². The third-order valence-corrected chi connectivity index (χ3v) is 10.5. The van der Waals surface area contributed by atoms with Gasteiger partial charge in [0.25, 0.3) is 0 Å². The largest absolute Gasteiger partial charge is 0.355 e. The molecule has 0 radical (unpaired) electrons. The fraction of sp³-hybridized carbons (Fsp3) is 0.429. The van der Waals surface area contributed by atoms with Gasteiger partial charge in [0.15, 0.2) is 11.6 Å². The number of nitrogens with zero attached hydrogens (tertiary/aromatic N) is 6. The highest BCUT2D eigenvalue weighted by molar-refractivity contribution is 9.10. The average molecular weight is 732 g/mol. The number of halogens is 2. The van der Waals surface area contributed by atoms with Crippen LogP contribution in [0.5, 0.6) is 0 Å². The van der Waals surface area contributed by atoms with E-state index in [0.717, 1.165) is 42.4 Å². The molecule has 3 atom stereocenters. The predicted octanol–water partition coefficient (Wildman–Crippen LogP) is 4.92. The highest BCUT2D eigenvalue weighted by Crippen LogP contribution is 2.59. The summed E-state index contributed by atoms with van der Waals surface area (Å²) in [6.45, 7) is 3.45. The molecular formula is C35H36BrFN8O4. The number of amides is 3. The second-order valence-electron chi connectivity index (χ2n) is 13.4. The number of aryl methyl sites for hydroxylation is 2. The van der Waals surface area contributed by atoms with Crippen LogP contribution < -0.4 is 10.6 Å². The van der Waals surface area contributed by atoms with E-state index in [1.807, 2.05) is 13.0 Å². The lowest BCUT2D eigenvalue weighted by atomic mass is 9.96. The van der Waals surface area contributed by atoms with Crippen LogP contribution in [0.15, 0.2) is 41.3 Å². The minimum Gasteiger partial charge on any atom is -0.355 e. The van der Waals surface area contributed by atoms with Gasteiger partial charge in [-0.15, -0.1) is 0 Å². The number of rotatable bonds is 4. The molecule has 49 heavy (non-hydrogen) atoms. The number of Topliss-reactive ketones (excluding diaryl/α,β-unsaturated/α-hetero) is 1. The molecule has 3 aliphatic rings. The number of ketones is 1. The van der Waals surface area contributed by atoms with Crippen molar-refractivity contribution in [3.8, 4) is 11.1 Å². The van der Waals surface area contributed by atoms with E-state index in [0.29, 0.717) is 49.0 Å². The zero-order chi connectivity index (χ0) is 34.4. The first-order chi connectivity index (χ1) is 23.5. The third kappa shape index (κ3) is 6.45. The SMILES string of the molecule is CC(=O)c1nn2c3c(cc(-c4cnc(C)nc4)cc13)CCCCCCC(=O)NC[C@@]13C[C@@H](C(=O)Nc4ccc(F)c(Br)n4)N(C(=O)C2)[C@@H]1C3. The van der Waals surface area contributed by atoms with Gasteiger partial charge in [0.05, 0.1) is 5.52 Å². The molecule has 1 saturated heterocycles. The van der Waals surface area contributed by atoms with E-state index in [1.54, 1.807) is 22.0 Å². The monoisotopic (exact) mass is 730 g/mol. The number of hydrogen-bond donors (Lipinski definition) is 2. The first kappa shape index (κ1) is 32.9. The Kier molecular flexibility index (Phi) is 8.76. The molecule has 4 aromatic rings. The molecule has 1 aromatic carbocycles. The molecule has 12 nitrogen and oxygen atoms in total. The lowest BCUT2D eigenvalue weighted by Crippen LogP contribution is -2.46. The fourth-order valence-corrected chi connectivity index (χ4v) is 7.69. The lowest BCUT2D eigenvalue weighted by Gasteiger charge is -2.27. The van der Waals surface area contributed by atoms with Crippen LogP contribution in [-0.2, 0) is 27.3 Å². The number of carbonyl (C=O) groups excluding carboxylic acids is 4. The summed E-state index contributed by atoms with van der Waals surface area (Å²) < 4.78 is 15.4. The number of anilines is 1. The first-order valence-electron chi connectivity index (χ1n) is 16.6. The van der Waals surface area contributed by atoms with Gasteiger partial charge in [-0.05, 0) is 90.4 Å². The minimum atomic E-state index is -0.852.